The summed E-state index contributed by atoms with van der Waals surface area (Å²) in [5, 5.41) is 9.84. The zero-order valence-corrected chi connectivity index (χ0v) is 13.0. The van der Waals surface area contributed by atoms with E-state index in [2.05, 4.69) is 32.0 Å². The second kappa shape index (κ2) is 4.12. The Morgan fingerprint density at radius 2 is 1.76 bits per heavy atom. The molecule has 4 aliphatic carbocycles. The lowest BCUT2D eigenvalue weighted by Crippen LogP contribution is -2.56. The van der Waals surface area contributed by atoms with Gasteiger partial charge in [0, 0.05) is 0 Å². The summed E-state index contributed by atoms with van der Waals surface area (Å²) in [7, 11) is 0. The first-order valence-corrected chi connectivity index (χ1v) is 8.24. The highest BCUT2D eigenvalue weighted by Crippen LogP contribution is 2.65. The predicted octanol–water partition coefficient (Wildman–Crippen LogP) is 4.23. The first-order valence-electron chi connectivity index (χ1n) is 8.24. The molecule has 1 aromatic rings. The minimum absolute atomic E-state index is 0.140. The van der Waals surface area contributed by atoms with E-state index in [-0.39, 0.29) is 5.41 Å². The van der Waals surface area contributed by atoms with Crippen LogP contribution in [-0.4, -0.2) is 11.1 Å². The smallest absolute Gasteiger partial charge is 0.309 e. The second-order valence-electron chi connectivity index (χ2n) is 8.13. The van der Waals surface area contributed by atoms with Crippen molar-refractivity contribution < 1.29 is 9.90 Å². The fourth-order valence-corrected chi connectivity index (χ4v) is 5.92. The number of carboxylic acid groups (broad SMARTS) is 1. The first-order chi connectivity index (χ1) is 9.92. The standard InChI is InChI=1S/C19H24O2/c1-12-3-4-16(5-13(12)2)18-7-14-6-15(8-18)10-19(9-14,11-18)17(20)21/h3-5,14-15H,6-11H2,1-2H3,(H,20,21)/t14-,15-,18?,19?/m1/s1. The fraction of sp³-hybridized carbons (Fsp3) is 0.632. The van der Waals surface area contributed by atoms with Crippen LogP contribution < -0.4 is 0 Å². The largest absolute Gasteiger partial charge is 0.481 e. The topological polar surface area (TPSA) is 37.3 Å². The lowest BCUT2D eigenvalue weighted by atomic mass is 9.43. The summed E-state index contributed by atoms with van der Waals surface area (Å²) in [6, 6.07) is 6.82. The average Bonchev–Trinajstić information content (AvgIpc) is 2.40. The predicted molar refractivity (Wildman–Crippen MR) is 82.3 cm³/mol. The summed E-state index contributed by atoms with van der Waals surface area (Å²) in [5.41, 5.74) is 3.79. The van der Waals surface area contributed by atoms with Crippen molar-refractivity contribution in [1.82, 2.24) is 0 Å². The van der Waals surface area contributed by atoms with Crippen LogP contribution in [0.25, 0.3) is 0 Å². The molecule has 0 radical (unpaired) electrons. The Balaban J connectivity index is 1.80. The summed E-state index contributed by atoms with van der Waals surface area (Å²) in [5.74, 6) is 0.720. The molecule has 0 amide bonds. The highest BCUT2D eigenvalue weighted by molar-refractivity contribution is 5.76. The lowest BCUT2D eigenvalue weighted by Gasteiger charge is -2.60. The van der Waals surface area contributed by atoms with Gasteiger partial charge in [0.15, 0.2) is 0 Å². The van der Waals surface area contributed by atoms with Crippen molar-refractivity contribution in [3.63, 3.8) is 0 Å². The molecule has 4 fully saturated rings. The number of carbonyl (C=O) groups is 1. The van der Waals surface area contributed by atoms with E-state index in [4.69, 9.17) is 0 Å². The monoisotopic (exact) mass is 284 g/mol. The Morgan fingerprint density at radius 1 is 1.10 bits per heavy atom. The zero-order valence-electron chi connectivity index (χ0n) is 13.0. The molecule has 5 rings (SSSR count). The van der Waals surface area contributed by atoms with Crippen LogP contribution in [-0.2, 0) is 10.2 Å². The van der Waals surface area contributed by atoms with Crippen LogP contribution in [0.15, 0.2) is 18.2 Å². The number of hydrogen-bond donors (Lipinski definition) is 1. The molecular weight excluding hydrogens is 260 g/mol. The third kappa shape index (κ3) is 1.81. The van der Waals surface area contributed by atoms with Crippen molar-refractivity contribution in [2.75, 3.05) is 0 Å². The number of aryl methyl sites for hydroxylation is 2. The highest BCUT2D eigenvalue weighted by atomic mass is 16.4. The van der Waals surface area contributed by atoms with Crippen LogP contribution in [0, 0.1) is 31.1 Å². The maximum Gasteiger partial charge on any atom is 0.309 e. The fourth-order valence-electron chi connectivity index (χ4n) is 5.92. The van der Waals surface area contributed by atoms with E-state index in [1.54, 1.807) is 0 Å². The Kier molecular flexibility index (Phi) is 2.62. The molecule has 112 valence electrons. The number of carboxylic acids is 1. The Labute approximate surface area is 126 Å². The first kappa shape index (κ1) is 13.4. The van der Waals surface area contributed by atoms with Gasteiger partial charge in [-0.25, -0.2) is 0 Å². The number of benzene rings is 1. The Morgan fingerprint density at radius 3 is 2.33 bits per heavy atom. The molecule has 1 aromatic carbocycles. The van der Waals surface area contributed by atoms with Crippen molar-refractivity contribution in [2.45, 2.75) is 57.8 Å². The third-order valence-corrected chi connectivity index (χ3v) is 6.63. The molecule has 4 saturated carbocycles. The molecule has 1 N–H and O–H groups in total. The van der Waals surface area contributed by atoms with Gasteiger partial charge in [0.1, 0.15) is 0 Å². The third-order valence-electron chi connectivity index (χ3n) is 6.63. The maximum atomic E-state index is 11.9. The van der Waals surface area contributed by atoms with E-state index < -0.39 is 11.4 Å². The van der Waals surface area contributed by atoms with Crippen molar-refractivity contribution >= 4 is 5.97 Å². The Bertz CT molecular complexity index is 602. The summed E-state index contributed by atoms with van der Waals surface area (Å²) in [6.07, 6.45) is 6.39. The molecule has 0 unspecified atom stereocenters. The molecule has 0 aromatic heterocycles. The van der Waals surface area contributed by atoms with Gasteiger partial charge in [-0.3, -0.25) is 4.79 Å². The van der Waals surface area contributed by atoms with Crippen molar-refractivity contribution in [1.29, 1.82) is 0 Å². The maximum absolute atomic E-state index is 11.9. The SMILES string of the molecule is Cc1ccc(C23C[C@H]4C[C@@H](CC(C(=O)O)(C4)C2)C3)cc1C. The van der Waals surface area contributed by atoms with E-state index >= 15 is 0 Å². The summed E-state index contributed by atoms with van der Waals surface area (Å²) < 4.78 is 0. The van der Waals surface area contributed by atoms with Crippen molar-refractivity contribution in [2.24, 2.45) is 17.3 Å². The number of aliphatic carboxylic acids is 1. The summed E-state index contributed by atoms with van der Waals surface area (Å²) in [4.78, 5) is 11.9. The molecule has 2 atom stereocenters. The molecule has 21 heavy (non-hydrogen) atoms. The number of rotatable bonds is 2. The normalized spacial score (nSPS) is 40.5. The van der Waals surface area contributed by atoms with Gasteiger partial charge in [-0.1, -0.05) is 18.2 Å². The van der Waals surface area contributed by atoms with E-state index in [9.17, 15) is 9.90 Å². The van der Waals surface area contributed by atoms with Crippen LogP contribution in [0.4, 0.5) is 0 Å². The van der Waals surface area contributed by atoms with Crippen LogP contribution in [0.1, 0.15) is 55.2 Å². The second-order valence-corrected chi connectivity index (χ2v) is 8.13. The van der Waals surface area contributed by atoms with Gasteiger partial charge in [-0.15, -0.1) is 0 Å². The van der Waals surface area contributed by atoms with Crippen LogP contribution in [0.2, 0.25) is 0 Å². The van der Waals surface area contributed by atoms with E-state index in [0.29, 0.717) is 11.8 Å². The van der Waals surface area contributed by atoms with Gasteiger partial charge < -0.3 is 5.11 Å². The van der Waals surface area contributed by atoms with Gasteiger partial charge in [0.25, 0.3) is 0 Å². The van der Waals surface area contributed by atoms with E-state index in [1.165, 1.54) is 36.0 Å². The van der Waals surface area contributed by atoms with E-state index in [1.807, 2.05) is 0 Å². The Hall–Kier alpha value is -1.31. The van der Waals surface area contributed by atoms with Gasteiger partial charge in [-0.05, 0) is 86.3 Å². The number of hydrogen-bond acceptors (Lipinski definition) is 1. The molecule has 0 heterocycles. The molecular formula is C19H24O2. The van der Waals surface area contributed by atoms with Crippen molar-refractivity contribution in [3.05, 3.63) is 34.9 Å². The molecule has 0 aliphatic heterocycles. The molecule has 0 spiro atoms. The van der Waals surface area contributed by atoms with Crippen LogP contribution in [0.5, 0.6) is 0 Å². The van der Waals surface area contributed by atoms with Crippen LogP contribution in [0.3, 0.4) is 0 Å². The highest BCUT2D eigenvalue weighted by Gasteiger charge is 2.61. The molecule has 4 aliphatic rings. The van der Waals surface area contributed by atoms with E-state index in [0.717, 1.165) is 19.3 Å². The molecule has 0 saturated heterocycles. The molecule has 2 heteroatoms. The lowest BCUT2D eigenvalue weighted by molar-refractivity contribution is -0.167. The van der Waals surface area contributed by atoms with Gasteiger partial charge in [0.05, 0.1) is 5.41 Å². The minimum atomic E-state index is -0.537. The van der Waals surface area contributed by atoms with Crippen molar-refractivity contribution in [3.8, 4) is 0 Å². The zero-order chi connectivity index (χ0) is 14.8. The summed E-state index contributed by atoms with van der Waals surface area (Å²) >= 11 is 0. The molecule has 4 bridgehead atoms. The van der Waals surface area contributed by atoms with Gasteiger partial charge >= 0.3 is 5.97 Å². The minimum Gasteiger partial charge on any atom is -0.481 e. The molecule has 2 nitrogen and oxygen atoms in total. The van der Waals surface area contributed by atoms with Gasteiger partial charge in [-0.2, -0.15) is 0 Å². The summed E-state index contributed by atoms with van der Waals surface area (Å²) in [6.45, 7) is 4.32. The van der Waals surface area contributed by atoms with Crippen LogP contribution >= 0.6 is 0 Å². The quantitative estimate of drug-likeness (QED) is 0.882. The van der Waals surface area contributed by atoms with Gasteiger partial charge in [0.2, 0.25) is 0 Å². The average molecular weight is 284 g/mol.